The van der Waals surface area contributed by atoms with Crippen molar-refractivity contribution in [1.82, 2.24) is 10.2 Å². The van der Waals surface area contributed by atoms with Crippen molar-refractivity contribution >= 4 is 11.8 Å². The van der Waals surface area contributed by atoms with Crippen molar-refractivity contribution in [2.45, 2.75) is 37.2 Å². The zero-order chi connectivity index (χ0) is 13.2. The van der Waals surface area contributed by atoms with Crippen molar-refractivity contribution in [3.63, 3.8) is 0 Å². The lowest BCUT2D eigenvalue weighted by Crippen LogP contribution is -2.36. The van der Waals surface area contributed by atoms with E-state index >= 15 is 0 Å². The fourth-order valence-electron chi connectivity index (χ4n) is 2.77. The van der Waals surface area contributed by atoms with Gasteiger partial charge in [0.25, 0.3) is 0 Å². The van der Waals surface area contributed by atoms with Crippen LogP contribution in [0, 0.1) is 5.92 Å². The first-order valence-corrected chi connectivity index (χ1v) is 7.61. The molecule has 0 saturated carbocycles. The average molecular weight is 282 g/mol. The van der Waals surface area contributed by atoms with Gasteiger partial charge >= 0.3 is 6.18 Å². The van der Waals surface area contributed by atoms with E-state index in [4.69, 9.17) is 0 Å². The highest BCUT2D eigenvalue weighted by Gasteiger charge is 2.34. The van der Waals surface area contributed by atoms with Crippen molar-refractivity contribution in [3.8, 4) is 0 Å². The maximum absolute atomic E-state index is 12.2. The summed E-state index contributed by atoms with van der Waals surface area (Å²) in [4.78, 5) is 1.53. The van der Waals surface area contributed by atoms with Gasteiger partial charge in [-0.15, -0.1) is 0 Å². The van der Waals surface area contributed by atoms with Gasteiger partial charge in [0.05, 0.1) is 6.54 Å². The lowest BCUT2D eigenvalue weighted by molar-refractivity contribution is -0.143. The van der Waals surface area contributed by atoms with Crippen LogP contribution >= 0.6 is 11.8 Å². The van der Waals surface area contributed by atoms with Gasteiger partial charge in [0.15, 0.2) is 0 Å². The molecule has 3 unspecified atom stereocenters. The van der Waals surface area contributed by atoms with Crippen molar-refractivity contribution in [3.05, 3.63) is 0 Å². The van der Waals surface area contributed by atoms with Gasteiger partial charge in [-0.2, -0.15) is 24.9 Å². The summed E-state index contributed by atoms with van der Waals surface area (Å²) < 4.78 is 36.7. The van der Waals surface area contributed by atoms with E-state index in [1.54, 1.807) is 0 Å². The summed E-state index contributed by atoms with van der Waals surface area (Å²) in [6.07, 6.45) is -1.98. The molecule has 18 heavy (non-hydrogen) atoms. The fourth-order valence-corrected chi connectivity index (χ4v) is 3.95. The number of nitrogens with zero attached hydrogens (tertiary/aromatic N) is 1. The van der Waals surface area contributed by atoms with Gasteiger partial charge in [0.1, 0.15) is 0 Å². The molecule has 2 aliphatic rings. The van der Waals surface area contributed by atoms with Crippen molar-refractivity contribution < 1.29 is 13.2 Å². The highest BCUT2D eigenvalue weighted by molar-refractivity contribution is 8.00. The van der Waals surface area contributed by atoms with Crippen LogP contribution in [0.5, 0.6) is 0 Å². The van der Waals surface area contributed by atoms with Crippen LogP contribution in [0.3, 0.4) is 0 Å². The Morgan fingerprint density at radius 2 is 2.17 bits per heavy atom. The van der Waals surface area contributed by atoms with Gasteiger partial charge in [-0.05, 0) is 31.8 Å². The molecule has 0 spiro atoms. The minimum Gasteiger partial charge on any atom is -0.313 e. The van der Waals surface area contributed by atoms with E-state index in [0.717, 1.165) is 18.7 Å². The summed E-state index contributed by atoms with van der Waals surface area (Å²) in [6.45, 7) is 3.52. The smallest absolute Gasteiger partial charge is 0.313 e. The summed E-state index contributed by atoms with van der Waals surface area (Å²) in [5.74, 6) is 1.52. The Bertz CT molecular complexity index is 273. The molecule has 2 nitrogen and oxygen atoms in total. The molecule has 0 radical (unpaired) electrons. The first kappa shape index (κ1) is 14.5. The molecule has 2 saturated heterocycles. The van der Waals surface area contributed by atoms with E-state index in [1.807, 2.05) is 11.8 Å². The van der Waals surface area contributed by atoms with Crippen molar-refractivity contribution in [2.75, 3.05) is 31.9 Å². The third-order valence-corrected chi connectivity index (χ3v) is 5.02. The predicted octanol–water partition coefficient (Wildman–Crippen LogP) is 2.35. The Morgan fingerprint density at radius 1 is 1.39 bits per heavy atom. The number of hydrogen-bond acceptors (Lipinski definition) is 3. The number of nitrogens with one attached hydrogen (secondary N) is 1. The number of hydrogen-bond donors (Lipinski definition) is 1. The summed E-state index contributed by atoms with van der Waals surface area (Å²) in [5.41, 5.74) is 0. The zero-order valence-electron chi connectivity index (χ0n) is 10.7. The van der Waals surface area contributed by atoms with E-state index < -0.39 is 12.7 Å². The molecule has 0 aromatic carbocycles. The molecule has 2 fully saturated rings. The van der Waals surface area contributed by atoms with E-state index in [2.05, 4.69) is 12.2 Å². The third kappa shape index (κ3) is 4.63. The van der Waals surface area contributed by atoms with Crippen LogP contribution in [0.4, 0.5) is 13.2 Å². The molecule has 0 aromatic rings. The molecule has 0 bridgehead atoms. The Labute approximate surface area is 111 Å². The maximum atomic E-state index is 12.2. The molecular formula is C12H21F3N2S. The van der Waals surface area contributed by atoms with Gasteiger partial charge in [-0.3, -0.25) is 4.90 Å². The van der Waals surface area contributed by atoms with Gasteiger partial charge < -0.3 is 5.32 Å². The maximum Gasteiger partial charge on any atom is 0.401 e. The van der Waals surface area contributed by atoms with Gasteiger partial charge in [0.2, 0.25) is 0 Å². The Kier molecular flexibility index (Phi) is 4.83. The minimum absolute atomic E-state index is 0.383. The monoisotopic (exact) mass is 282 g/mol. The molecular weight excluding hydrogens is 261 g/mol. The molecule has 3 atom stereocenters. The predicted molar refractivity (Wildman–Crippen MR) is 68.9 cm³/mol. The second kappa shape index (κ2) is 6.01. The Morgan fingerprint density at radius 3 is 2.78 bits per heavy atom. The Balaban J connectivity index is 1.64. The number of halogens is 3. The third-order valence-electron chi connectivity index (χ3n) is 3.67. The van der Waals surface area contributed by atoms with Gasteiger partial charge in [0, 0.05) is 23.6 Å². The first-order chi connectivity index (χ1) is 8.42. The first-order valence-electron chi connectivity index (χ1n) is 6.56. The van der Waals surface area contributed by atoms with Crippen molar-refractivity contribution in [1.29, 1.82) is 0 Å². The molecule has 2 heterocycles. The van der Waals surface area contributed by atoms with E-state index in [9.17, 15) is 13.2 Å². The summed E-state index contributed by atoms with van der Waals surface area (Å²) in [5, 5.41) is 4.22. The molecule has 2 rings (SSSR count). The second-order valence-corrected chi connectivity index (χ2v) is 6.96. The molecule has 2 aliphatic heterocycles. The van der Waals surface area contributed by atoms with Crippen LogP contribution in [0.15, 0.2) is 0 Å². The summed E-state index contributed by atoms with van der Waals surface area (Å²) in [6, 6.07) is 0.557. The van der Waals surface area contributed by atoms with Crippen molar-refractivity contribution in [2.24, 2.45) is 5.92 Å². The quantitative estimate of drug-likeness (QED) is 0.852. The van der Waals surface area contributed by atoms with E-state index in [1.165, 1.54) is 11.3 Å². The van der Waals surface area contributed by atoms with Crippen LogP contribution in [0.1, 0.15) is 19.8 Å². The van der Waals surface area contributed by atoms with Crippen LogP contribution in [-0.2, 0) is 0 Å². The topological polar surface area (TPSA) is 15.3 Å². The average Bonchev–Trinajstić information content (AvgIpc) is 2.82. The van der Waals surface area contributed by atoms with E-state index in [0.29, 0.717) is 30.3 Å². The van der Waals surface area contributed by atoms with Gasteiger partial charge in [-0.25, -0.2) is 0 Å². The number of likely N-dealkylation sites (tertiary alicyclic amines) is 1. The highest BCUT2D eigenvalue weighted by atomic mass is 32.2. The largest absolute Gasteiger partial charge is 0.401 e. The SMILES string of the molecule is CC1CC(NCC2CCN(CC(F)(F)F)C2)CS1. The molecule has 1 N–H and O–H groups in total. The standard InChI is InChI=1S/C12H21F3N2S/c1-9-4-11(7-18-9)16-5-10-2-3-17(6-10)8-12(13,14)15/h9-11,16H,2-8H2,1H3. The molecule has 0 aromatic heterocycles. The second-order valence-electron chi connectivity index (χ2n) is 5.49. The number of alkyl halides is 3. The lowest BCUT2D eigenvalue weighted by atomic mass is 10.1. The van der Waals surface area contributed by atoms with Crippen LogP contribution in [0.25, 0.3) is 0 Å². The van der Waals surface area contributed by atoms with Crippen LogP contribution < -0.4 is 5.32 Å². The molecule has 6 heteroatoms. The van der Waals surface area contributed by atoms with Crippen LogP contribution in [0.2, 0.25) is 0 Å². The van der Waals surface area contributed by atoms with Gasteiger partial charge in [-0.1, -0.05) is 6.92 Å². The lowest BCUT2D eigenvalue weighted by Gasteiger charge is -2.19. The molecule has 106 valence electrons. The van der Waals surface area contributed by atoms with Crippen LogP contribution in [-0.4, -0.2) is 54.3 Å². The summed E-state index contributed by atoms with van der Waals surface area (Å²) >= 11 is 1.97. The number of rotatable bonds is 4. The molecule has 0 aliphatic carbocycles. The molecule has 0 amide bonds. The highest BCUT2D eigenvalue weighted by Crippen LogP contribution is 2.27. The zero-order valence-corrected chi connectivity index (χ0v) is 11.5. The van der Waals surface area contributed by atoms with E-state index in [-0.39, 0.29) is 0 Å². The minimum atomic E-state index is -4.06. The fraction of sp³-hybridized carbons (Fsp3) is 1.00. The Hall–Kier alpha value is 0.0600. The normalized spacial score (nSPS) is 34.3. The number of thioether (sulfide) groups is 1. The summed E-state index contributed by atoms with van der Waals surface area (Å²) in [7, 11) is 0.